The van der Waals surface area contributed by atoms with Crippen molar-refractivity contribution in [2.24, 2.45) is 0 Å². The van der Waals surface area contributed by atoms with Crippen LogP contribution in [0.25, 0.3) is 0 Å². The number of nitrogens with one attached hydrogen (secondary N) is 2. The number of hydrogen-bond donors (Lipinski definition) is 2. The topological polar surface area (TPSA) is 44.9 Å². The van der Waals surface area contributed by atoms with Crippen LogP contribution in [0.15, 0.2) is 15.9 Å². The predicted octanol–water partition coefficient (Wildman–Crippen LogP) is 2.40. The zero-order valence-electron chi connectivity index (χ0n) is 10.8. The number of aromatic amines is 1. The van der Waals surface area contributed by atoms with Gasteiger partial charge in [-0.2, -0.15) is 0 Å². The van der Waals surface area contributed by atoms with Crippen LogP contribution in [0, 0.1) is 0 Å². The molecule has 1 spiro atoms. The highest BCUT2D eigenvalue weighted by atomic mass is 35.5. The Balaban J connectivity index is 0.00000110. The second-order valence-corrected chi connectivity index (χ2v) is 6.88. The lowest BCUT2D eigenvalue weighted by Gasteiger charge is -2.23. The summed E-state index contributed by atoms with van der Waals surface area (Å²) in [5, 5.41) is 4.52. The van der Waals surface area contributed by atoms with Crippen LogP contribution < -0.4 is 10.9 Å². The maximum Gasteiger partial charge on any atom is 0.252 e. The summed E-state index contributed by atoms with van der Waals surface area (Å²) in [5.74, 6) is 1.63. The van der Waals surface area contributed by atoms with E-state index >= 15 is 0 Å². The first-order valence-electron chi connectivity index (χ1n) is 6.90. The molecular formula is C14H19ClN2OS. The molecule has 1 aliphatic carbocycles. The summed E-state index contributed by atoms with van der Waals surface area (Å²) in [5.41, 5.74) is 3.08. The van der Waals surface area contributed by atoms with Crippen molar-refractivity contribution in [3.8, 4) is 0 Å². The van der Waals surface area contributed by atoms with Gasteiger partial charge in [-0.1, -0.05) is 0 Å². The van der Waals surface area contributed by atoms with Crippen LogP contribution in [0.4, 0.5) is 0 Å². The van der Waals surface area contributed by atoms with E-state index in [9.17, 15) is 4.79 Å². The molecule has 1 aromatic heterocycles. The lowest BCUT2D eigenvalue weighted by molar-refractivity contribution is 0.456. The van der Waals surface area contributed by atoms with Crippen LogP contribution in [0.1, 0.15) is 42.7 Å². The molecule has 0 unspecified atom stereocenters. The SMILES string of the molecule is Cl.O=c1[nH]c2c(cc1C1CCNCC1)C1(CC1)CS2. The molecule has 2 N–H and O–H groups in total. The van der Waals surface area contributed by atoms with Gasteiger partial charge in [-0.25, -0.2) is 0 Å². The Morgan fingerprint density at radius 2 is 2.00 bits per heavy atom. The van der Waals surface area contributed by atoms with E-state index in [0.717, 1.165) is 36.5 Å². The quantitative estimate of drug-likeness (QED) is 0.837. The lowest BCUT2D eigenvalue weighted by Crippen LogP contribution is -2.30. The summed E-state index contributed by atoms with van der Waals surface area (Å²) in [6, 6.07) is 2.25. The molecule has 104 valence electrons. The highest BCUT2D eigenvalue weighted by molar-refractivity contribution is 7.99. The Hall–Kier alpha value is -0.450. The summed E-state index contributed by atoms with van der Waals surface area (Å²) in [7, 11) is 0. The Morgan fingerprint density at radius 3 is 2.68 bits per heavy atom. The van der Waals surface area contributed by atoms with E-state index < -0.39 is 0 Å². The summed E-state index contributed by atoms with van der Waals surface area (Å²) in [6.07, 6.45) is 4.82. The predicted molar refractivity (Wildman–Crippen MR) is 80.8 cm³/mol. The fourth-order valence-electron chi connectivity index (χ4n) is 3.33. The standard InChI is InChI=1S/C14H18N2OS.ClH/c17-12-10(9-1-5-15-6-2-9)7-11-13(16-12)18-8-14(11)3-4-14;/h7,9,15H,1-6,8H2,(H,16,17);1H. The third-order valence-electron chi connectivity index (χ3n) is 4.73. The maximum absolute atomic E-state index is 12.2. The number of piperidine rings is 1. The van der Waals surface area contributed by atoms with Crippen molar-refractivity contribution in [2.45, 2.75) is 42.0 Å². The average Bonchev–Trinajstić information content (AvgIpc) is 3.10. The molecular weight excluding hydrogens is 280 g/mol. The second kappa shape index (κ2) is 4.83. The number of thioether (sulfide) groups is 1. The summed E-state index contributed by atoms with van der Waals surface area (Å²) in [6.45, 7) is 2.09. The van der Waals surface area contributed by atoms with Crippen molar-refractivity contribution in [1.82, 2.24) is 10.3 Å². The number of hydrogen-bond acceptors (Lipinski definition) is 3. The highest BCUT2D eigenvalue weighted by Crippen LogP contribution is 2.58. The molecule has 3 nitrogen and oxygen atoms in total. The van der Waals surface area contributed by atoms with E-state index in [4.69, 9.17) is 0 Å². The zero-order chi connectivity index (χ0) is 12.2. The molecule has 19 heavy (non-hydrogen) atoms. The van der Waals surface area contributed by atoms with Gasteiger partial charge >= 0.3 is 0 Å². The molecule has 3 heterocycles. The van der Waals surface area contributed by atoms with Crippen molar-refractivity contribution in [1.29, 1.82) is 0 Å². The fourth-order valence-corrected chi connectivity index (χ4v) is 4.79. The Morgan fingerprint density at radius 1 is 1.26 bits per heavy atom. The molecule has 3 aliphatic rings. The normalized spacial score (nSPS) is 24.0. The fraction of sp³-hybridized carbons (Fsp3) is 0.643. The van der Waals surface area contributed by atoms with Gasteiger partial charge in [0, 0.05) is 16.7 Å². The van der Waals surface area contributed by atoms with E-state index in [1.54, 1.807) is 0 Å². The van der Waals surface area contributed by atoms with Crippen molar-refractivity contribution in [3.63, 3.8) is 0 Å². The number of rotatable bonds is 1. The first-order chi connectivity index (χ1) is 8.78. The van der Waals surface area contributed by atoms with E-state index in [1.807, 2.05) is 11.8 Å². The molecule has 4 rings (SSSR count). The van der Waals surface area contributed by atoms with Crippen molar-refractivity contribution in [2.75, 3.05) is 18.8 Å². The molecule has 2 fully saturated rings. The second-order valence-electron chi connectivity index (χ2n) is 5.89. The van der Waals surface area contributed by atoms with Crippen LogP contribution in [0.5, 0.6) is 0 Å². The van der Waals surface area contributed by atoms with Gasteiger partial charge < -0.3 is 10.3 Å². The van der Waals surface area contributed by atoms with Gasteiger partial charge in [-0.15, -0.1) is 24.2 Å². The summed E-state index contributed by atoms with van der Waals surface area (Å²) >= 11 is 1.84. The number of fused-ring (bicyclic) bond motifs is 2. The molecule has 0 atom stereocenters. The Bertz CT molecular complexity index is 547. The molecule has 1 aromatic rings. The van der Waals surface area contributed by atoms with E-state index in [1.165, 1.54) is 24.2 Å². The van der Waals surface area contributed by atoms with Crippen LogP contribution in [0.2, 0.25) is 0 Å². The zero-order valence-corrected chi connectivity index (χ0v) is 12.5. The number of pyridine rings is 1. The van der Waals surface area contributed by atoms with Gasteiger partial charge in [0.05, 0.1) is 5.03 Å². The van der Waals surface area contributed by atoms with Gasteiger partial charge in [-0.05, 0) is 56.3 Å². The monoisotopic (exact) mass is 298 g/mol. The van der Waals surface area contributed by atoms with Gasteiger partial charge in [0.2, 0.25) is 0 Å². The third kappa shape index (κ3) is 2.14. The minimum Gasteiger partial charge on any atom is -0.317 e. The number of aromatic nitrogens is 1. The molecule has 1 saturated heterocycles. The van der Waals surface area contributed by atoms with E-state index in [2.05, 4.69) is 16.4 Å². The number of halogens is 1. The molecule has 2 aliphatic heterocycles. The smallest absolute Gasteiger partial charge is 0.252 e. The van der Waals surface area contributed by atoms with E-state index in [0.29, 0.717) is 11.3 Å². The van der Waals surface area contributed by atoms with Gasteiger partial charge in [-0.3, -0.25) is 4.79 Å². The van der Waals surface area contributed by atoms with Gasteiger partial charge in [0.15, 0.2) is 0 Å². The van der Waals surface area contributed by atoms with Crippen LogP contribution in [0.3, 0.4) is 0 Å². The first kappa shape index (κ1) is 13.5. The van der Waals surface area contributed by atoms with Gasteiger partial charge in [0.25, 0.3) is 5.56 Å². The number of H-pyrrole nitrogens is 1. The van der Waals surface area contributed by atoms with Gasteiger partial charge in [0.1, 0.15) is 0 Å². The van der Waals surface area contributed by atoms with Crippen molar-refractivity contribution >= 4 is 24.2 Å². The molecule has 1 saturated carbocycles. The third-order valence-corrected chi connectivity index (χ3v) is 6.04. The maximum atomic E-state index is 12.2. The first-order valence-corrected chi connectivity index (χ1v) is 7.88. The van der Waals surface area contributed by atoms with Crippen molar-refractivity contribution in [3.05, 3.63) is 27.5 Å². The minimum atomic E-state index is 0. The Kier molecular flexibility index (Phi) is 3.44. The largest absolute Gasteiger partial charge is 0.317 e. The lowest BCUT2D eigenvalue weighted by atomic mass is 9.88. The van der Waals surface area contributed by atoms with Crippen molar-refractivity contribution < 1.29 is 0 Å². The minimum absolute atomic E-state index is 0. The molecule has 0 aromatic carbocycles. The van der Waals surface area contributed by atoms with E-state index in [-0.39, 0.29) is 18.0 Å². The Labute approximate surface area is 123 Å². The summed E-state index contributed by atoms with van der Waals surface area (Å²) < 4.78 is 0. The summed E-state index contributed by atoms with van der Waals surface area (Å²) in [4.78, 5) is 15.4. The molecule has 0 amide bonds. The van der Waals surface area contributed by atoms with Crippen LogP contribution in [-0.2, 0) is 5.41 Å². The van der Waals surface area contributed by atoms with Crippen LogP contribution >= 0.6 is 24.2 Å². The van der Waals surface area contributed by atoms with Crippen LogP contribution in [-0.4, -0.2) is 23.8 Å². The average molecular weight is 299 g/mol. The highest BCUT2D eigenvalue weighted by Gasteiger charge is 2.50. The molecule has 5 heteroatoms. The molecule has 0 bridgehead atoms. The molecule has 0 radical (unpaired) electrons.